The maximum Gasteiger partial charge on any atom is 0.233 e. The van der Waals surface area contributed by atoms with Crippen LogP contribution >= 0.6 is 0 Å². The van der Waals surface area contributed by atoms with Crippen LogP contribution in [-0.2, 0) is 38.4 Å². The number of amides is 8. The number of rotatable bonds is 16. The zero-order chi connectivity index (χ0) is 40.5. The van der Waals surface area contributed by atoms with Gasteiger partial charge in [-0.1, -0.05) is 62.3 Å². The molecule has 0 spiro atoms. The normalized spacial score (nSPS) is 31.2. The van der Waals surface area contributed by atoms with E-state index in [4.69, 9.17) is 0 Å². The second-order valence-electron chi connectivity index (χ2n) is 18.0. The van der Waals surface area contributed by atoms with Crippen LogP contribution in [-0.4, -0.2) is 113 Å². The SMILES string of the molecule is CC(C)C1CC(=O)N(CCNC(=O)[C@@]2(C)C[C@@](C)(C(=O)NCCN3C(=O)CC(C(C)C)C3=O)C[C@@](C)(C(O)NCCN3C(=O)CC(C(C)C)C3=O)C2)C1=O. The van der Waals surface area contributed by atoms with Crippen molar-refractivity contribution in [3.05, 3.63) is 0 Å². The molecule has 54 heavy (non-hydrogen) atoms. The first-order valence-electron chi connectivity index (χ1n) is 19.6. The van der Waals surface area contributed by atoms with Crippen LogP contribution in [0.2, 0.25) is 0 Å². The second kappa shape index (κ2) is 16.6. The average Bonchev–Trinajstić information content (AvgIpc) is 3.64. The summed E-state index contributed by atoms with van der Waals surface area (Å²) in [5.41, 5.74) is -3.46. The molecule has 4 unspecified atom stereocenters. The topological polar surface area (TPSA) is 203 Å². The minimum atomic E-state index is -1.24. The number of carbonyl (C=O) groups excluding carboxylic acids is 8. The Hall–Kier alpha value is -3.72. The van der Waals surface area contributed by atoms with Crippen molar-refractivity contribution >= 4 is 47.3 Å². The van der Waals surface area contributed by atoms with E-state index in [1.807, 2.05) is 41.5 Å². The van der Waals surface area contributed by atoms with Crippen molar-refractivity contribution < 1.29 is 43.5 Å². The zero-order valence-corrected chi connectivity index (χ0v) is 33.6. The van der Waals surface area contributed by atoms with E-state index in [2.05, 4.69) is 16.0 Å². The molecule has 4 fully saturated rings. The highest BCUT2D eigenvalue weighted by Crippen LogP contribution is 2.55. The average molecular weight is 759 g/mol. The van der Waals surface area contributed by atoms with Gasteiger partial charge in [0.1, 0.15) is 6.23 Å². The van der Waals surface area contributed by atoms with Gasteiger partial charge in [0.25, 0.3) is 0 Å². The Bertz CT molecular complexity index is 1450. The van der Waals surface area contributed by atoms with E-state index in [0.29, 0.717) is 0 Å². The Morgan fingerprint density at radius 2 is 0.907 bits per heavy atom. The lowest BCUT2D eigenvalue weighted by Gasteiger charge is -2.53. The summed E-state index contributed by atoms with van der Waals surface area (Å²) >= 11 is 0. The number of aliphatic hydroxyl groups excluding tert-OH is 1. The Labute approximate surface area is 319 Å². The molecule has 0 bridgehead atoms. The summed E-state index contributed by atoms with van der Waals surface area (Å²) in [7, 11) is 0. The van der Waals surface area contributed by atoms with Gasteiger partial charge in [-0.2, -0.15) is 0 Å². The van der Waals surface area contributed by atoms with Crippen molar-refractivity contribution in [2.45, 2.75) is 107 Å². The van der Waals surface area contributed by atoms with Crippen molar-refractivity contribution in [2.75, 3.05) is 39.3 Å². The molecule has 0 aromatic carbocycles. The quantitative estimate of drug-likeness (QED) is 0.132. The molecular formula is C39H62N6O9. The number of likely N-dealkylation sites (tertiary alicyclic amines) is 3. The molecule has 15 nitrogen and oxygen atoms in total. The minimum absolute atomic E-state index is 0.00490. The second-order valence-corrected chi connectivity index (χ2v) is 18.0. The largest absolute Gasteiger partial charge is 0.378 e. The fourth-order valence-corrected chi connectivity index (χ4v) is 9.29. The maximum absolute atomic E-state index is 14.0. The van der Waals surface area contributed by atoms with Crippen LogP contribution in [0.4, 0.5) is 0 Å². The molecule has 15 heteroatoms. The fraction of sp³-hybridized carbons (Fsp3) is 0.795. The number of nitrogens with one attached hydrogen (secondary N) is 3. The highest BCUT2D eigenvalue weighted by molar-refractivity contribution is 6.05. The molecule has 0 aromatic heterocycles. The predicted molar refractivity (Wildman–Crippen MR) is 197 cm³/mol. The van der Waals surface area contributed by atoms with Gasteiger partial charge in [-0.25, -0.2) is 0 Å². The first-order chi connectivity index (χ1) is 25.0. The monoisotopic (exact) mass is 758 g/mol. The van der Waals surface area contributed by atoms with Gasteiger partial charge in [0, 0.05) is 92.5 Å². The van der Waals surface area contributed by atoms with Crippen molar-refractivity contribution in [1.82, 2.24) is 30.7 Å². The van der Waals surface area contributed by atoms with E-state index >= 15 is 0 Å². The van der Waals surface area contributed by atoms with Crippen LogP contribution in [0.1, 0.15) is 101 Å². The standard InChI is InChI=1S/C39H62N6O9/c1-22(2)25-16-28(46)43(31(25)49)13-10-40-34(52)37(7)19-38(8,35(53)41-11-14-44-29(47)17-26(23(3)4)32(44)50)21-39(9,20-37)36(54)42-12-15-45-30(48)18-27(24(5)6)33(45)51/h22-27,34,40,52H,10-21H2,1-9H3,(H,41,53)(H,42,54)/t25?,26?,27?,34?,37-,38+,39-. The molecular weight excluding hydrogens is 696 g/mol. The number of imide groups is 3. The molecule has 7 atom stereocenters. The molecule has 302 valence electrons. The molecule has 1 saturated carbocycles. The summed E-state index contributed by atoms with van der Waals surface area (Å²) in [6, 6.07) is 0. The fourth-order valence-electron chi connectivity index (χ4n) is 9.29. The lowest BCUT2D eigenvalue weighted by Crippen LogP contribution is -2.60. The van der Waals surface area contributed by atoms with E-state index < -0.39 is 46.1 Å². The first-order valence-corrected chi connectivity index (χ1v) is 19.6. The number of carbonyl (C=O) groups is 8. The van der Waals surface area contributed by atoms with Gasteiger partial charge >= 0.3 is 0 Å². The Kier molecular flexibility index (Phi) is 13.2. The van der Waals surface area contributed by atoms with Gasteiger partial charge in [-0.05, 0) is 37.0 Å². The third-order valence-corrected chi connectivity index (χ3v) is 12.3. The predicted octanol–water partition coefficient (Wildman–Crippen LogP) is 1.42. The third kappa shape index (κ3) is 8.87. The van der Waals surface area contributed by atoms with Gasteiger partial charge in [-0.15, -0.1) is 0 Å². The Morgan fingerprint density at radius 3 is 1.20 bits per heavy atom. The molecule has 1 aliphatic carbocycles. The molecule has 0 aromatic rings. The highest BCUT2D eigenvalue weighted by Gasteiger charge is 2.57. The molecule has 4 aliphatic rings. The molecule has 3 saturated heterocycles. The van der Waals surface area contributed by atoms with Crippen molar-refractivity contribution in [3.63, 3.8) is 0 Å². The molecule has 3 heterocycles. The third-order valence-electron chi connectivity index (χ3n) is 12.3. The summed E-state index contributed by atoms with van der Waals surface area (Å²) in [5, 5.41) is 20.5. The lowest BCUT2D eigenvalue weighted by molar-refractivity contribution is -0.156. The summed E-state index contributed by atoms with van der Waals surface area (Å²) in [5.74, 6) is -3.52. The molecule has 0 radical (unpaired) electrons. The van der Waals surface area contributed by atoms with Crippen LogP contribution in [0, 0.1) is 51.8 Å². The summed E-state index contributed by atoms with van der Waals surface area (Å²) < 4.78 is 0. The van der Waals surface area contributed by atoms with Crippen molar-refractivity contribution in [3.8, 4) is 0 Å². The van der Waals surface area contributed by atoms with E-state index in [1.54, 1.807) is 20.8 Å². The van der Waals surface area contributed by atoms with Crippen molar-refractivity contribution in [1.29, 1.82) is 0 Å². The minimum Gasteiger partial charge on any atom is -0.378 e. The molecule has 4 N–H and O–H groups in total. The zero-order valence-electron chi connectivity index (χ0n) is 33.6. The number of hydrogen-bond donors (Lipinski definition) is 4. The number of hydrogen-bond acceptors (Lipinski definition) is 10. The smallest absolute Gasteiger partial charge is 0.233 e. The highest BCUT2D eigenvalue weighted by atomic mass is 16.3. The Morgan fingerprint density at radius 1 is 0.593 bits per heavy atom. The van der Waals surface area contributed by atoms with Crippen LogP contribution in [0.15, 0.2) is 0 Å². The van der Waals surface area contributed by atoms with E-state index in [-0.39, 0.29) is 137 Å². The van der Waals surface area contributed by atoms with Crippen LogP contribution < -0.4 is 16.0 Å². The van der Waals surface area contributed by atoms with Crippen LogP contribution in [0.5, 0.6) is 0 Å². The molecule has 3 aliphatic heterocycles. The lowest BCUT2D eigenvalue weighted by atomic mass is 9.53. The summed E-state index contributed by atoms with van der Waals surface area (Å²) in [6.07, 6.45) is -0.415. The molecule has 8 amide bonds. The van der Waals surface area contributed by atoms with E-state index in [9.17, 15) is 43.5 Å². The maximum atomic E-state index is 14.0. The summed E-state index contributed by atoms with van der Waals surface area (Å²) in [4.78, 5) is 108. The first kappa shape index (κ1) is 43.0. The van der Waals surface area contributed by atoms with Gasteiger partial charge in [0.05, 0.1) is 0 Å². The molecule has 4 rings (SSSR count). The van der Waals surface area contributed by atoms with Gasteiger partial charge in [0.15, 0.2) is 0 Å². The van der Waals surface area contributed by atoms with Crippen molar-refractivity contribution in [2.24, 2.45) is 51.8 Å². The van der Waals surface area contributed by atoms with Crippen LogP contribution in [0.3, 0.4) is 0 Å². The summed E-state index contributed by atoms with van der Waals surface area (Å²) in [6.45, 7) is 16.8. The Balaban J connectivity index is 1.47. The van der Waals surface area contributed by atoms with E-state index in [0.717, 1.165) is 0 Å². The van der Waals surface area contributed by atoms with E-state index in [1.165, 1.54) is 14.7 Å². The van der Waals surface area contributed by atoms with Gasteiger partial charge in [0.2, 0.25) is 47.3 Å². The number of aliphatic hydroxyl groups is 1. The van der Waals surface area contributed by atoms with Crippen LogP contribution in [0.25, 0.3) is 0 Å². The van der Waals surface area contributed by atoms with Gasteiger partial charge < -0.3 is 15.7 Å². The van der Waals surface area contributed by atoms with Gasteiger partial charge in [-0.3, -0.25) is 58.4 Å². The number of nitrogens with zero attached hydrogens (tertiary/aromatic N) is 3.